The standard InChI is InChI=1S/C10H15NO6/c1-4-11-9(14)8(10(15)17-3)6(12)5-7(13)16-2/h8H,4-5H2,1-3H3,(H,11,14). The molecular formula is C10H15NO6. The van der Waals surface area contributed by atoms with Crippen LogP contribution in [0.4, 0.5) is 0 Å². The van der Waals surface area contributed by atoms with E-state index in [1.807, 2.05) is 0 Å². The Morgan fingerprint density at radius 2 is 1.71 bits per heavy atom. The lowest BCUT2D eigenvalue weighted by Crippen LogP contribution is -2.41. The van der Waals surface area contributed by atoms with Crippen molar-refractivity contribution in [2.24, 2.45) is 5.92 Å². The number of methoxy groups -OCH3 is 2. The van der Waals surface area contributed by atoms with E-state index in [1.165, 1.54) is 0 Å². The maximum atomic E-state index is 11.6. The minimum absolute atomic E-state index is 0.262. The van der Waals surface area contributed by atoms with E-state index in [0.717, 1.165) is 14.2 Å². The zero-order valence-electron chi connectivity index (χ0n) is 9.94. The molecule has 0 aliphatic carbocycles. The molecule has 1 unspecified atom stereocenters. The molecule has 0 aliphatic rings. The average molecular weight is 245 g/mol. The first-order chi connectivity index (χ1) is 7.97. The van der Waals surface area contributed by atoms with Crippen LogP contribution in [0, 0.1) is 5.92 Å². The minimum Gasteiger partial charge on any atom is -0.469 e. The first-order valence-corrected chi connectivity index (χ1v) is 4.93. The molecule has 7 nitrogen and oxygen atoms in total. The van der Waals surface area contributed by atoms with Gasteiger partial charge in [0.2, 0.25) is 5.91 Å². The SMILES string of the molecule is CCNC(=O)C(C(=O)CC(=O)OC)C(=O)OC. The van der Waals surface area contributed by atoms with Gasteiger partial charge in [-0.25, -0.2) is 0 Å². The highest BCUT2D eigenvalue weighted by atomic mass is 16.5. The summed E-state index contributed by atoms with van der Waals surface area (Å²) in [4.78, 5) is 45.2. The summed E-state index contributed by atoms with van der Waals surface area (Å²) < 4.78 is 8.62. The molecule has 0 bridgehead atoms. The number of rotatable bonds is 6. The third-order valence-corrected chi connectivity index (χ3v) is 1.92. The van der Waals surface area contributed by atoms with Crippen LogP contribution in [0.5, 0.6) is 0 Å². The Morgan fingerprint density at radius 3 is 2.12 bits per heavy atom. The second-order valence-electron chi connectivity index (χ2n) is 3.07. The number of carbonyl (C=O) groups is 4. The van der Waals surface area contributed by atoms with Gasteiger partial charge in [0.05, 0.1) is 14.2 Å². The van der Waals surface area contributed by atoms with Crippen molar-refractivity contribution >= 4 is 23.6 Å². The van der Waals surface area contributed by atoms with E-state index in [4.69, 9.17) is 0 Å². The zero-order valence-corrected chi connectivity index (χ0v) is 9.94. The van der Waals surface area contributed by atoms with Crippen molar-refractivity contribution < 1.29 is 28.7 Å². The molecule has 0 aromatic rings. The van der Waals surface area contributed by atoms with Gasteiger partial charge in [0, 0.05) is 6.54 Å². The van der Waals surface area contributed by atoms with Crippen LogP contribution in [0.2, 0.25) is 0 Å². The van der Waals surface area contributed by atoms with Crippen molar-refractivity contribution in [1.29, 1.82) is 0 Å². The highest BCUT2D eigenvalue weighted by molar-refractivity contribution is 6.19. The van der Waals surface area contributed by atoms with Crippen molar-refractivity contribution in [2.45, 2.75) is 13.3 Å². The Kier molecular flexibility index (Phi) is 6.54. The number of esters is 2. The monoisotopic (exact) mass is 245 g/mol. The molecule has 96 valence electrons. The zero-order chi connectivity index (χ0) is 13.4. The molecule has 0 radical (unpaired) electrons. The smallest absolute Gasteiger partial charge is 0.325 e. The van der Waals surface area contributed by atoms with Crippen molar-refractivity contribution in [3.63, 3.8) is 0 Å². The van der Waals surface area contributed by atoms with Crippen LogP contribution in [0.1, 0.15) is 13.3 Å². The van der Waals surface area contributed by atoms with Crippen LogP contribution in [0.3, 0.4) is 0 Å². The molecule has 1 amide bonds. The van der Waals surface area contributed by atoms with Crippen molar-refractivity contribution in [2.75, 3.05) is 20.8 Å². The molecule has 0 heterocycles. The molecule has 1 N–H and O–H groups in total. The third kappa shape index (κ3) is 4.62. The largest absolute Gasteiger partial charge is 0.469 e. The van der Waals surface area contributed by atoms with Crippen molar-refractivity contribution in [3.8, 4) is 0 Å². The van der Waals surface area contributed by atoms with E-state index >= 15 is 0 Å². The Hall–Kier alpha value is -1.92. The average Bonchev–Trinajstić information content (AvgIpc) is 2.29. The van der Waals surface area contributed by atoms with Crippen molar-refractivity contribution in [3.05, 3.63) is 0 Å². The molecule has 0 rings (SSSR count). The summed E-state index contributed by atoms with van der Waals surface area (Å²) in [5, 5.41) is 2.32. The van der Waals surface area contributed by atoms with Gasteiger partial charge < -0.3 is 14.8 Å². The van der Waals surface area contributed by atoms with Gasteiger partial charge in [0.25, 0.3) is 0 Å². The second kappa shape index (κ2) is 7.37. The Labute approximate surface area is 98.4 Å². The van der Waals surface area contributed by atoms with Gasteiger partial charge in [0.1, 0.15) is 6.42 Å². The first-order valence-electron chi connectivity index (χ1n) is 4.93. The maximum Gasteiger partial charge on any atom is 0.325 e. The van der Waals surface area contributed by atoms with E-state index in [0.29, 0.717) is 0 Å². The van der Waals surface area contributed by atoms with Crippen LogP contribution in [0.15, 0.2) is 0 Å². The summed E-state index contributed by atoms with van der Waals surface area (Å²) in [6.07, 6.45) is -0.645. The van der Waals surface area contributed by atoms with Crippen LogP contribution < -0.4 is 5.32 Å². The summed E-state index contributed by atoms with van der Waals surface area (Å²) in [7, 11) is 2.16. The third-order valence-electron chi connectivity index (χ3n) is 1.92. The van der Waals surface area contributed by atoms with Gasteiger partial charge in [-0.05, 0) is 6.92 Å². The number of nitrogens with one attached hydrogen (secondary N) is 1. The second-order valence-corrected chi connectivity index (χ2v) is 3.07. The summed E-state index contributed by atoms with van der Waals surface area (Å²) in [5.74, 6) is -5.07. The van der Waals surface area contributed by atoms with Gasteiger partial charge in [-0.2, -0.15) is 0 Å². The van der Waals surface area contributed by atoms with Crippen LogP contribution >= 0.6 is 0 Å². The lowest BCUT2D eigenvalue weighted by Gasteiger charge is -2.12. The highest BCUT2D eigenvalue weighted by Crippen LogP contribution is 2.06. The lowest BCUT2D eigenvalue weighted by molar-refractivity contribution is -0.154. The predicted octanol–water partition coefficient (Wildman–Crippen LogP) is -0.956. The molecule has 0 aromatic heterocycles. The molecular weight excluding hydrogens is 230 g/mol. The lowest BCUT2D eigenvalue weighted by atomic mass is 10.0. The molecule has 0 fully saturated rings. The highest BCUT2D eigenvalue weighted by Gasteiger charge is 2.35. The van der Waals surface area contributed by atoms with E-state index < -0.39 is 36.0 Å². The number of hydrogen-bond acceptors (Lipinski definition) is 6. The summed E-state index contributed by atoms with van der Waals surface area (Å²) in [6.45, 7) is 1.90. The number of ketones is 1. The fourth-order valence-corrected chi connectivity index (χ4v) is 1.10. The van der Waals surface area contributed by atoms with Gasteiger partial charge in [-0.3, -0.25) is 19.2 Å². The van der Waals surface area contributed by atoms with E-state index in [-0.39, 0.29) is 6.54 Å². The number of amides is 1. The predicted molar refractivity (Wildman–Crippen MR) is 55.8 cm³/mol. The van der Waals surface area contributed by atoms with Gasteiger partial charge >= 0.3 is 11.9 Å². The normalized spacial score (nSPS) is 11.2. The van der Waals surface area contributed by atoms with Crippen molar-refractivity contribution in [1.82, 2.24) is 5.32 Å². The summed E-state index contributed by atoms with van der Waals surface area (Å²) in [5.41, 5.74) is 0. The molecule has 7 heteroatoms. The summed E-state index contributed by atoms with van der Waals surface area (Å²) >= 11 is 0. The fourth-order valence-electron chi connectivity index (χ4n) is 1.10. The van der Waals surface area contributed by atoms with Crippen LogP contribution in [-0.2, 0) is 28.7 Å². The Bertz CT molecular complexity index is 325. The van der Waals surface area contributed by atoms with Gasteiger partial charge in [-0.1, -0.05) is 0 Å². The van der Waals surface area contributed by atoms with Gasteiger partial charge in [0.15, 0.2) is 11.7 Å². The van der Waals surface area contributed by atoms with E-state index in [2.05, 4.69) is 14.8 Å². The van der Waals surface area contributed by atoms with Crippen LogP contribution in [0.25, 0.3) is 0 Å². The van der Waals surface area contributed by atoms with Gasteiger partial charge in [-0.15, -0.1) is 0 Å². The molecule has 0 aromatic carbocycles. The minimum atomic E-state index is -1.63. The van der Waals surface area contributed by atoms with E-state index in [9.17, 15) is 19.2 Å². The molecule has 0 aliphatic heterocycles. The summed E-state index contributed by atoms with van der Waals surface area (Å²) in [6, 6.07) is 0. The number of Topliss-reactive ketones (excluding diaryl/α,β-unsaturated/α-hetero) is 1. The molecule has 0 spiro atoms. The van der Waals surface area contributed by atoms with E-state index in [1.54, 1.807) is 6.92 Å². The number of hydrogen-bond donors (Lipinski definition) is 1. The Morgan fingerprint density at radius 1 is 1.12 bits per heavy atom. The molecule has 0 saturated heterocycles. The topological polar surface area (TPSA) is 98.8 Å². The fraction of sp³-hybridized carbons (Fsp3) is 0.600. The molecule has 17 heavy (non-hydrogen) atoms. The quantitative estimate of drug-likeness (QED) is 0.478. The molecule has 0 saturated carbocycles. The first kappa shape index (κ1) is 15.1. The number of carbonyl (C=O) groups excluding carboxylic acids is 4. The Balaban J connectivity index is 4.80. The number of ether oxygens (including phenoxy) is 2. The molecule has 1 atom stereocenters. The maximum absolute atomic E-state index is 11.6. The van der Waals surface area contributed by atoms with Crippen LogP contribution in [-0.4, -0.2) is 44.4 Å².